The Bertz CT molecular complexity index is 912. The molecule has 0 saturated heterocycles. The second kappa shape index (κ2) is 10.2. The van der Waals surface area contributed by atoms with Crippen LogP contribution >= 0.6 is 6.89 Å². The van der Waals surface area contributed by atoms with Crippen LogP contribution < -0.4 is 30.1 Å². The van der Waals surface area contributed by atoms with Crippen LogP contribution in [0, 0.1) is 0 Å². The van der Waals surface area contributed by atoms with Crippen molar-refractivity contribution >= 4 is 47.0 Å². The number of hydrogen-bond acceptors (Lipinski definition) is 3. The molecular formula is C26H33O3PSn. The van der Waals surface area contributed by atoms with E-state index in [1.54, 1.807) is 21.3 Å². The number of hydrogen-bond donors (Lipinski definition) is 0. The van der Waals surface area contributed by atoms with E-state index in [2.05, 4.69) is 93.4 Å². The summed E-state index contributed by atoms with van der Waals surface area (Å²) >= 11 is -2.09. The van der Waals surface area contributed by atoms with Crippen molar-refractivity contribution in [1.29, 1.82) is 0 Å². The van der Waals surface area contributed by atoms with Gasteiger partial charge in [0.05, 0.1) is 0 Å². The van der Waals surface area contributed by atoms with Gasteiger partial charge in [0.15, 0.2) is 0 Å². The summed E-state index contributed by atoms with van der Waals surface area (Å²) in [7, 11) is 5.14. The maximum atomic E-state index is 5.45. The summed E-state index contributed by atoms with van der Waals surface area (Å²) in [5.74, 6) is 5.28. The first-order chi connectivity index (χ1) is 14.8. The Labute approximate surface area is 191 Å². The first-order valence-corrected chi connectivity index (χ1v) is 22.9. The van der Waals surface area contributed by atoms with Crippen molar-refractivity contribution in [3.8, 4) is 17.2 Å². The third-order valence-electron chi connectivity index (χ3n) is 5.42. The Kier molecular flexibility index (Phi) is 7.82. The summed E-state index contributed by atoms with van der Waals surface area (Å²) in [4.78, 5) is 7.49. The number of benzene rings is 3. The average molecular weight is 543 g/mol. The zero-order chi connectivity index (χ0) is 22.5. The Morgan fingerprint density at radius 2 is 0.871 bits per heavy atom. The second-order valence-corrected chi connectivity index (χ2v) is 27.9. The Hall–Kier alpha value is -1.84. The van der Waals surface area contributed by atoms with Crippen LogP contribution in [0.3, 0.4) is 0 Å². The average Bonchev–Trinajstić information content (AvgIpc) is 2.80. The molecule has 0 heterocycles. The zero-order valence-electron chi connectivity index (χ0n) is 19.4. The fourth-order valence-corrected chi connectivity index (χ4v) is 14.9. The van der Waals surface area contributed by atoms with E-state index < -0.39 is 25.3 Å². The van der Waals surface area contributed by atoms with Crippen LogP contribution in [0.25, 0.3) is 0 Å². The minimum atomic E-state index is -2.09. The molecule has 0 unspecified atom stereocenters. The van der Waals surface area contributed by atoms with Gasteiger partial charge in [0.2, 0.25) is 0 Å². The minimum absolute atomic E-state index is 0.876. The molecule has 0 aliphatic carbocycles. The molecule has 0 bridgehead atoms. The molecule has 0 amide bonds. The normalized spacial score (nSPS) is 11.7. The third kappa shape index (κ3) is 5.51. The van der Waals surface area contributed by atoms with Gasteiger partial charge in [-0.05, 0) is 0 Å². The van der Waals surface area contributed by atoms with Crippen molar-refractivity contribution in [2.45, 2.75) is 19.3 Å². The van der Waals surface area contributed by atoms with Crippen LogP contribution in [-0.2, 0) is 0 Å². The Morgan fingerprint density at radius 3 is 1.10 bits per heavy atom. The van der Waals surface area contributed by atoms with Crippen molar-refractivity contribution in [2.75, 3.05) is 21.3 Å². The number of methoxy groups -OCH3 is 3. The van der Waals surface area contributed by atoms with E-state index in [0.717, 1.165) is 17.2 Å². The first kappa shape index (κ1) is 23.8. The predicted molar refractivity (Wildman–Crippen MR) is 139 cm³/mol. The van der Waals surface area contributed by atoms with Gasteiger partial charge < -0.3 is 0 Å². The van der Waals surface area contributed by atoms with Crippen molar-refractivity contribution in [2.24, 2.45) is 0 Å². The Morgan fingerprint density at radius 1 is 0.581 bits per heavy atom. The van der Waals surface area contributed by atoms with E-state index in [1.165, 1.54) is 20.4 Å². The summed E-state index contributed by atoms with van der Waals surface area (Å²) < 4.78 is 17.5. The quantitative estimate of drug-likeness (QED) is 0.291. The van der Waals surface area contributed by atoms with Gasteiger partial charge in [-0.25, -0.2) is 0 Å². The molecular weight excluding hydrogens is 510 g/mol. The monoisotopic (exact) mass is 544 g/mol. The topological polar surface area (TPSA) is 27.7 Å². The molecule has 3 rings (SSSR count). The Balaban J connectivity index is 2.34. The van der Waals surface area contributed by atoms with E-state index in [4.69, 9.17) is 14.2 Å². The molecule has 3 aromatic rings. The van der Waals surface area contributed by atoms with Gasteiger partial charge in [-0.2, -0.15) is 0 Å². The van der Waals surface area contributed by atoms with Gasteiger partial charge in [0.25, 0.3) is 0 Å². The van der Waals surface area contributed by atoms with Gasteiger partial charge in [-0.15, -0.1) is 0 Å². The zero-order valence-corrected chi connectivity index (χ0v) is 23.1. The molecule has 3 nitrogen and oxygen atoms in total. The molecule has 0 saturated carbocycles. The van der Waals surface area contributed by atoms with E-state index in [9.17, 15) is 0 Å². The molecule has 0 aromatic heterocycles. The van der Waals surface area contributed by atoms with E-state index in [1.807, 2.05) is 0 Å². The van der Waals surface area contributed by atoms with Crippen LogP contribution in [0.5, 0.6) is 17.2 Å². The van der Waals surface area contributed by atoms with Crippen LogP contribution in [0.15, 0.2) is 72.8 Å². The molecule has 0 spiro atoms. The van der Waals surface area contributed by atoms with Crippen molar-refractivity contribution < 1.29 is 14.2 Å². The van der Waals surface area contributed by atoms with Crippen LogP contribution in [0.1, 0.15) is 0 Å². The summed E-state index contributed by atoms with van der Waals surface area (Å²) in [6.07, 6.45) is 0. The molecule has 0 aliphatic heterocycles. The summed E-state index contributed by atoms with van der Waals surface area (Å²) in [5.41, 5.74) is 0. The fraction of sp³-hybridized carbons (Fsp3) is 0.269. The van der Waals surface area contributed by atoms with Crippen LogP contribution in [0.2, 0.25) is 19.3 Å². The molecule has 164 valence electrons. The summed E-state index contributed by atoms with van der Waals surface area (Å²) in [5, 5.41) is 4.00. The number of rotatable bonds is 8. The van der Waals surface area contributed by atoms with E-state index in [-0.39, 0.29) is 0 Å². The van der Waals surface area contributed by atoms with Gasteiger partial charge >= 0.3 is 192 Å². The third-order valence-corrected chi connectivity index (χ3v) is 14.5. The van der Waals surface area contributed by atoms with Gasteiger partial charge in [0, 0.05) is 0 Å². The molecule has 0 fully saturated rings. The summed E-state index contributed by atoms with van der Waals surface area (Å²) in [6.45, 7) is -1.98. The molecule has 0 radical (unpaired) electrons. The fourth-order valence-electron chi connectivity index (χ4n) is 3.63. The molecule has 31 heavy (non-hydrogen) atoms. The van der Waals surface area contributed by atoms with Crippen molar-refractivity contribution in [3.63, 3.8) is 0 Å². The molecule has 0 N–H and O–H groups in total. The molecule has 0 aliphatic rings. The van der Waals surface area contributed by atoms with E-state index in [0.29, 0.717) is 0 Å². The summed E-state index contributed by atoms with van der Waals surface area (Å²) in [6, 6.07) is 25.8. The predicted octanol–water partition coefficient (Wildman–Crippen LogP) is 5.15. The second-order valence-electron chi connectivity index (χ2n) is 8.76. The maximum absolute atomic E-state index is 5.45. The van der Waals surface area contributed by atoms with Gasteiger partial charge in [0.1, 0.15) is 0 Å². The van der Waals surface area contributed by atoms with E-state index >= 15 is 0 Å². The standard InChI is InChI=1S/C23H24O3P.3CH3.Sn/c1-5-27(21-12-6-18(24-2)7-13-21,22-14-8-19(25-3)9-15-22)23-16-10-20(26-4)11-17-23;;;;/h5-17H,1H2,2-4H3;3*1H3;. The SMILES string of the molecule is COc1ccc(P(=C[CH2][Sn]([CH3])([CH3])[CH3])(c2ccc(OC)cc2)c2ccc(OC)cc2)cc1. The van der Waals surface area contributed by atoms with Gasteiger partial charge in [-0.3, -0.25) is 0 Å². The van der Waals surface area contributed by atoms with Crippen molar-refractivity contribution in [1.82, 2.24) is 0 Å². The molecule has 5 heteroatoms. The van der Waals surface area contributed by atoms with Gasteiger partial charge in [-0.1, -0.05) is 0 Å². The molecule has 3 aromatic carbocycles. The van der Waals surface area contributed by atoms with Crippen LogP contribution in [0.4, 0.5) is 0 Å². The van der Waals surface area contributed by atoms with Crippen LogP contribution in [-0.4, -0.2) is 45.5 Å². The first-order valence-electron chi connectivity index (χ1n) is 10.5. The number of ether oxygens (including phenoxy) is 3. The molecule has 0 atom stereocenters. The van der Waals surface area contributed by atoms with Crippen molar-refractivity contribution in [3.05, 3.63) is 72.8 Å².